The Morgan fingerprint density at radius 3 is 2.31 bits per heavy atom. The first-order chi connectivity index (χ1) is 16.9. The molecule has 11 heteroatoms. The summed E-state index contributed by atoms with van der Waals surface area (Å²) in [5.74, 6) is 3.46. The molecular formula is C24H26N6O4S. The van der Waals surface area contributed by atoms with Gasteiger partial charge in [0.25, 0.3) is 0 Å². The number of anilines is 2. The zero-order chi connectivity index (χ0) is 24.8. The lowest BCUT2D eigenvalue weighted by atomic mass is 10.2. The van der Waals surface area contributed by atoms with E-state index in [4.69, 9.17) is 31.2 Å². The molecule has 0 amide bonds. The predicted octanol–water partition coefficient (Wildman–Crippen LogP) is 3.79. The monoisotopic (exact) mass is 494 g/mol. The van der Waals surface area contributed by atoms with E-state index in [1.165, 1.54) is 0 Å². The van der Waals surface area contributed by atoms with Crippen molar-refractivity contribution in [3.8, 4) is 23.0 Å². The lowest BCUT2D eigenvalue weighted by Crippen LogP contribution is -2.39. The molecule has 2 aromatic carbocycles. The molecule has 1 aliphatic heterocycles. The van der Waals surface area contributed by atoms with Crippen LogP contribution in [0, 0.1) is 13.8 Å². The van der Waals surface area contributed by atoms with E-state index < -0.39 is 0 Å². The Hall–Kier alpha value is -4.12. The van der Waals surface area contributed by atoms with Gasteiger partial charge < -0.3 is 29.6 Å². The van der Waals surface area contributed by atoms with Crippen molar-refractivity contribution in [2.24, 2.45) is 4.99 Å². The number of nitrogens with zero attached hydrogens (tertiary/aromatic N) is 3. The molecule has 1 aliphatic rings. The molecule has 10 nitrogen and oxygen atoms in total. The topological polar surface area (TPSA) is 111 Å². The first-order valence-corrected chi connectivity index (χ1v) is 11.2. The van der Waals surface area contributed by atoms with E-state index in [-0.39, 0.29) is 6.79 Å². The van der Waals surface area contributed by atoms with E-state index >= 15 is 0 Å². The quantitative estimate of drug-likeness (QED) is 0.266. The van der Waals surface area contributed by atoms with Crippen LogP contribution in [-0.4, -0.2) is 42.1 Å². The molecule has 0 fully saturated rings. The summed E-state index contributed by atoms with van der Waals surface area (Å²) < 4.78 is 21.5. The van der Waals surface area contributed by atoms with E-state index in [2.05, 4.69) is 30.9 Å². The van der Waals surface area contributed by atoms with Gasteiger partial charge in [-0.05, 0) is 49.8 Å². The van der Waals surface area contributed by atoms with Crippen LogP contribution in [0.15, 0.2) is 47.5 Å². The van der Waals surface area contributed by atoms with Gasteiger partial charge in [0.2, 0.25) is 18.7 Å². The maximum Gasteiger partial charge on any atom is 0.231 e. The molecule has 0 radical (unpaired) electrons. The summed E-state index contributed by atoms with van der Waals surface area (Å²) >= 11 is 5.53. The van der Waals surface area contributed by atoms with Crippen LogP contribution < -0.4 is 34.9 Å². The van der Waals surface area contributed by atoms with Gasteiger partial charge in [-0.3, -0.25) is 5.32 Å². The van der Waals surface area contributed by atoms with Crippen LogP contribution in [0.4, 0.5) is 11.6 Å². The second-order valence-electron chi connectivity index (χ2n) is 7.63. The van der Waals surface area contributed by atoms with Crippen molar-refractivity contribution in [2.75, 3.05) is 31.6 Å². The standard InChI is InChI=1S/C24H26N6O4S/c1-14-7-15(2)27-23(26-14)29-22(25-12-16-5-6-20-21(8-16)34-13-33-20)30-24(35)28-17-9-18(31-3)11-19(10-17)32-4/h5-11H,12-13H2,1-4H3,(H3,25,26,27,28,29,30,35). The Balaban J connectivity index is 1.53. The van der Waals surface area contributed by atoms with E-state index in [1.807, 2.05) is 38.1 Å². The average molecular weight is 495 g/mol. The van der Waals surface area contributed by atoms with Crippen LogP contribution in [0.2, 0.25) is 0 Å². The SMILES string of the molecule is COc1cc(NC(=S)NC(=NCc2ccc3c(c2)OCO3)Nc2nc(C)cc(C)n2)cc(OC)c1. The van der Waals surface area contributed by atoms with Crippen LogP contribution in [0.1, 0.15) is 17.0 Å². The number of benzene rings is 2. The lowest BCUT2D eigenvalue weighted by Gasteiger charge is -2.15. The van der Waals surface area contributed by atoms with Gasteiger partial charge >= 0.3 is 0 Å². The second kappa shape index (κ2) is 10.9. The van der Waals surface area contributed by atoms with Crippen molar-refractivity contribution in [3.63, 3.8) is 0 Å². The smallest absolute Gasteiger partial charge is 0.231 e. The minimum atomic E-state index is 0.218. The lowest BCUT2D eigenvalue weighted by molar-refractivity contribution is 0.174. The molecule has 0 unspecified atom stereocenters. The predicted molar refractivity (Wildman–Crippen MR) is 138 cm³/mol. The number of fused-ring (bicyclic) bond motifs is 1. The number of nitrogens with one attached hydrogen (secondary N) is 3. The highest BCUT2D eigenvalue weighted by atomic mass is 32.1. The molecule has 0 saturated carbocycles. The molecule has 0 aliphatic carbocycles. The summed E-state index contributed by atoms with van der Waals surface area (Å²) in [5, 5.41) is 9.65. The minimum Gasteiger partial charge on any atom is -0.497 e. The van der Waals surface area contributed by atoms with Crippen molar-refractivity contribution in [2.45, 2.75) is 20.4 Å². The van der Waals surface area contributed by atoms with Crippen LogP contribution in [-0.2, 0) is 6.54 Å². The second-order valence-corrected chi connectivity index (χ2v) is 8.04. The van der Waals surface area contributed by atoms with E-state index in [1.54, 1.807) is 32.4 Å². The molecule has 4 rings (SSSR count). The van der Waals surface area contributed by atoms with Crippen molar-refractivity contribution >= 4 is 34.9 Å². The van der Waals surface area contributed by atoms with E-state index in [0.717, 1.165) is 22.7 Å². The average Bonchev–Trinajstić information content (AvgIpc) is 3.29. The number of hydrogen-bond donors (Lipinski definition) is 3. The van der Waals surface area contributed by atoms with Gasteiger partial charge in [-0.25, -0.2) is 15.0 Å². The van der Waals surface area contributed by atoms with Crippen molar-refractivity contribution in [1.29, 1.82) is 0 Å². The third-order valence-corrected chi connectivity index (χ3v) is 5.11. The number of thiocarbonyl (C=S) groups is 1. The molecule has 1 aromatic heterocycles. The fourth-order valence-electron chi connectivity index (χ4n) is 3.36. The summed E-state index contributed by atoms with van der Waals surface area (Å²) in [6.07, 6.45) is 0. The molecule has 0 atom stereocenters. The number of guanidine groups is 1. The fourth-order valence-corrected chi connectivity index (χ4v) is 3.57. The molecule has 35 heavy (non-hydrogen) atoms. The molecule has 0 saturated heterocycles. The van der Waals surface area contributed by atoms with Crippen molar-refractivity contribution in [3.05, 3.63) is 59.4 Å². The molecule has 0 bridgehead atoms. The van der Waals surface area contributed by atoms with Gasteiger partial charge in [-0.1, -0.05) is 6.07 Å². The number of aromatic nitrogens is 2. The summed E-state index contributed by atoms with van der Waals surface area (Å²) in [5.41, 5.74) is 3.29. The zero-order valence-electron chi connectivity index (χ0n) is 19.8. The maximum atomic E-state index is 5.53. The van der Waals surface area contributed by atoms with Crippen molar-refractivity contribution in [1.82, 2.24) is 15.3 Å². The summed E-state index contributed by atoms with van der Waals surface area (Å²) in [4.78, 5) is 13.5. The Kier molecular flexibility index (Phi) is 7.46. The minimum absolute atomic E-state index is 0.218. The van der Waals surface area contributed by atoms with Gasteiger partial charge in [-0.15, -0.1) is 0 Å². The molecule has 182 valence electrons. The van der Waals surface area contributed by atoms with E-state index in [0.29, 0.717) is 46.5 Å². The Labute approximate surface area is 208 Å². The number of hydrogen-bond acceptors (Lipinski definition) is 8. The van der Waals surface area contributed by atoms with Crippen LogP contribution in [0.3, 0.4) is 0 Å². The first kappa shape index (κ1) is 24.0. The highest BCUT2D eigenvalue weighted by Crippen LogP contribution is 2.32. The Morgan fingerprint density at radius 2 is 1.63 bits per heavy atom. The molecule has 2 heterocycles. The van der Waals surface area contributed by atoms with Crippen LogP contribution in [0.25, 0.3) is 0 Å². The molecule has 0 spiro atoms. The Bertz CT molecular complexity index is 1220. The molecular weight excluding hydrogens is 468 g/mol. The Morgan fingerprint density at radius 1 is 0.943 bits per heavy atom. The summed E-state index contributed by atoms with van der Waals surface area (Å²) in [7, 11) is 3.17. The number of ether oxygens (including phenoxy) is 4. The van der Waals surface area contributed by atoms with Crippen LogP contribution >= 0.6 is 12.2 Å². The van der Waals surface area contributed by atoms with Gasteiger partial charge in [-0.2, -0.15) is 0 Å². The third kappa shape index (κ3) is 6.48. The summed E-state index contributed by atoms with van der Waals surface area (Å²) in [6.45, 7) is 4.37. The summed E-state index contributed by atoms with van der Waals surface area (Å²) in [6, 6.07) is 13.0. The van der Waals surface area contributed by atoms with E-state index in [9.17, 15) is 0 Å². The zero-order valence-corrected chi connectivity index (χ0v) is 20.7. The largest absolute Gasteiger partial charge is 0.497 e. The normalized spacial score (nSPS) is 12.2. The third-order valence-electron chi connectivity index (χ3n) is 4.91. The van der Waals surface area contributed by atoms with Gasteiger partial charge in [0.15, 0.2) is 16.6 Å². The number of aliphatic imine (C=N–C) groups is 1. The number of methoxy groups -OCH3 is 2. The molecule has 3 N–H and O–H groups in total. The van der Waals surface area contributed by atoms with Gasteiger partial charge in [0.1, 0.15) is 11.5 Å². The maximum absolute atomic E-state index is 5.53. The number of aryl methyl sites for hydroxylation is 2. The molecule has 3 aromatic rings. The highest BCUT2D eigenvalue weighted by Gasteiger charge is 2.14. The van der Waals surface area contributed by atoms with Gasteiger partial charge in [0.05, 0.1) is 20.8 Å². The van der Waals surface area contributed by atoms with Gasteiger partial charge in [0, 0.05) is 35.3 Å². The highest BCUT2D eigenvalue weighted by molar-refractivity contribution is 7.80. The first-order valence-electron chi connectivity index (χ1n) is 10.7. The fraction of sp³-hybridized carbons (Fsp3) is 0.250. The van der Waals surface area contributed by atoms with Crippen LogP contribution in [0.5, 0.6) is 23.0 Å². The van der Waals surface area contributed by atoms with Crippen molar-refractivity contribution < 1.29 is 18.9 Å². The number of rotatable bonds is 6.